The summed E-state index contributed by atoms with van der Waals surface area (Å²) in [4.78, 5) is 12.0. The minimum absolute atomic E-state index is 0.0886. The molecule has 0 heterocycles. The standard InChI is InChI=1S/C15H20F2N2O3/c1-9-5-4-8-12(22-14(16)17)13(9)19-15(21)18-10-6-2-3-7-11(10)20/h4-5,8,10-11,14,20H,2-3,6-7H2,1H3,(H2,18,19,21). The first-order valence-electron chi connectivity index (χ1n) is 7.27. The Bertz CT molecular complexity index is 526. The molecule has 5 nitrogen and oxygen atoms in total. The van der Waals surface area contributed by atoms with Gasteiger partial charge in [-0.15, -0.1) is 0 Å². The minimum atomic E-state index is -2.97. The van der Waals surface area contributed by atoms with Gasteiger partial charge in [0.1, 0.15) is 5.75 Å². The lowest BCUT2D eigenvalue weighted by Crippen LogP contribution is -2.46. The molecular formula is C15H20F2N2O3. The van der Waals surface area contributed by atoms with E-state index in [9.17, 15) is 18.7 Å². The molecular weight excluding hydrogens is 294 g/mol. The largest absolute Gasteiger partial charge is 0.433 e. The van der Waals surface area contributed by atoms with Crippen molar-refractivity contribution in [1.29, 1.82) is 0 Å². The average molecular weight is 314 g/mol. The Labute approximate surface area is 127 Å². The van der Waals surface area contributed by atoms with Crippen LogP contribution in [-0.2, 0) is 0 Å². The van der Waals surface area contributed by atoms with Crippen LogP contribution in [-0.4, -0.2) is 29.9 Å². The lowest BCUT2D eigenvalue weighted by molar-refractivity contribution is -0.0493. The second kappa shape index (κ2) is 7.40. The van der Waals surface area contributed by atoms with Crippen LogP contribution >= 0.6 is 0 Å². The van der Waals surface area contributed by atoms with Gasteiger partial charge in [0.15, 0.2) is 0 Å². The number of amides is 2. The average Bonchev–Trinajstić information content (AvgIpc) is 2.45. The summed E-state index contributed by atoms with van der Waals surface area (Å²) < 4.78 is 29.2. The van der Waals surface area contributed by atoms with Gasteiger partial charge in [0.25, 0.3) is 0 Å². The molecule has 1 aromatic carbocycles. The van der Waals surface area contributed by atoms with E-state index in [0.717, 1.165) is 12.8 Å². The first-order valence-corrected chi connectivity index (χ1v) is 7.27. The second-order valence-corrected chi connectivity index (χ2v) is 5.38. The molecule has 1 fully saturated rings. The first kappa shape index (κ1) is 16.5. The van der Waals surface area contributed by atoms with Gasteiger partial charge < -0.3 is 20.5 Å². The molecule has 7 heteroatoms. The zero-order valence-corrected chi connectivity index (χ0v) is 12.3. The highest BCUT2D eigenvalue weighted by molar-refractivity contribution is 5.92. The van der Waals surface area contributed by atoms with Crippen molar-refractivity contribution >= 4 is 11.7 Å². The molecule has 0 radical (unpaired) electrons. The zero-order valence-electron chi connectivity index (χ0n) is 12.3. The monoisotopic (exact) mass is 314 g/mol. The zero-order chi connectivity index (χ0) is 16.1. The number of anilines is 1. The fraction of sp³-hybridized carbons (Fsp3) is 0.533. The quantitative estimate of drug-likeness (QED) is 0.800. The molecule has 0 saturated heterocycles. The normalized spacial score (nSPS) is 21.5. The lowest BCUT2D eigenvalue weighted by Gasteiger charge is -2.28. The SMILES string of the molecule is Cc1cccc(OC(F)F)c1NC(=O)NC1CCCCC1O. The number of urea groups is 1. The third-order valence-corrected chi connectivity index (χ3v) is 3.74. The van der Waals surface area contributed by atoms with Crippen LogP contribution in [0.4, 0.5) is 19.3 Å². The van der Waals surface area contributed by atoms with Crippen molar-refractivity contribution in [2.45, 2.75) is 51.4 Å². The number of aliphatic hydroxyl groups excluding tert-OH is 1. The number of benzene rings is 1. The van der Waals surface area contributed by atoms with Crippen LogP contribution in [0.25, 0.3) is 0 Å². The van der Waals surface area contributed by atoms with Crippen molar-refractivity contribution < 1.29 is 23.4 Å². The van der Waals surface area contributed by atoms with E-state index < -0.39 is 18.7 Å². The number of aliphatic hydroxyl groups is 1. The lowest BCUT2D eigenvalue weighted by atomic mass is 9.93. The summed E-state index contributed by atoms with van der Waals surface area (Å²) in [5.74, 6) is -0.0886. The Balaban J connectivity index is 2.04. The van der Waals surface area contributed by atoms with Crippen LogP contribution in [0.1, 0.15) is 31.2 Å². The second-order valence-electron chi connectivity index (χ2n) is 5.38. The Kier molecular flexibility index (Phi) is 5.54. The van der Waals surface area contributed by atoms with Crippen LogP contribution in [0.15, 0.2) is 18.2 Å². The third-order valence-electron chi connectivity index (χ3n) is 3.74. The van der Waals surface area contributed by atoms with E-state index in [-0.39, 0.29) is 17.5 Å². The molecule has 0 spiro atoms. The minimum Gasteiger partial charge on any atom is -0.433 e. The van der Waals surface area contributed by atoms with Gasteiger partial charge >= 0.3 is 12.6 Å². The molecule has 0 aliphatic heterocycles. The van der Waals surface area contributed by atoms with E-state index in [1.807, 2.05) is 0 Å². The van der Waals surface area contributed by atoms with E-state index in [0.29, 0.717) is 18.4 Å². The summed E-state index contributed by atoms with van der Waals surface area (Å²) in [6.45, 7) is -1.28. The molecule has 0 bridgehead atoms. The summed E-state index contributed by atoms with van der Waals surface area (Å²) in [5.41, 5.74) is 0.808. The highest BCUT2D eigenvalue weighted by Gasteiger charge is 2.25. The fourth-order valence-corrected chi connectivity index (χ4v) is 2.59. The van der Waals surface area contributed by atoms with E-state index in [2.05, 4.69) is 15.4 Å². The molecule has 1 aliphatic rings. The molecule has 1 aromatic rings. The number of carbonyl (C=O) groups excluding carboxylic acids is 1. The summed E-state index contributed by atoms with van der Waals surface area (Å²) >= 11 is 0. The number of carbonyl (C=O) groups is 1. The van der Waals surface area contributed by atoms with Crippen molar-refractivity contribution in [2.24, 2.45) is 0 Å². The maximum Gasteiger partial charge on any atom is 0.387 e. The summed E-state index contributed by atoms with van der Waals surface area (Å²) in [7, 11) is 0. The van der Waals surface area contributed by atoms with Crippen molar-refractivity contribution in [3.05, 3.63) is 23.8 Å². The Hall–Kier alpha value is -1.89. The van der Waals surface area contributed by atoms with Gasteiger partial charge in [0, 0.05) is 0 Å². The number of aryl methyl sites for hydroxylation is 1. The van der Waals surface area contributed by atoms with Crippen LogP contribution < -0.4 is 15.4 Å². The van der Waals surface area contributed by atoms with Crippen LogP contribution in [0.3, 0.4) is 0 Å². The highest BCUT2D eigenvalue weighted by atomic mass is 19.3. The summed E-state index contributed by atoms with van der Waals surface area (Å²) in [6, 6.07) is 3.76. The highest BCUT2D eigenvalue weighted by Crippen LogP contribution is 2.29. The van der Waals surface area contributed by atoms with Crippen molar-refractivity contribution in [1.82, 2.24) is 5.32 Å². The molecule has 3 N–H and O–H groups in total. The number of rotatable bonds is 4. The molecule has 2 atom stereocenters. The predicted molar refractivity (Wildman–Crippen MR) is 78.2 cm³/mol. The van der Waals surface area contributed by atoms with E-state index in [4.69, 9.17) is 0 Å². The number of para-hydroxylation sites is 1. The number of ether oxygens (including phenoxy) is 1. The van der Waals surface area contributed by atoms with Gasteiger partial charge in [-0.25, -0.2) is 4.79 Å². The predicted octanol–water partition coefficient (Wildman–Crippen LogP) is 3.02. The van der Waals surface area contributed by atoms with Crippen molar-refractivity contribution in [3.63, 3.8) is 0 Å². The van der Waals surface area contributed by atoms with Crippen LogP contribution in [0.2, 0.25) is 0 Å². The van der Waals surface area contributed by atoms with E-state index >= 15 is 0 Å². The van der Waals surface area contributed by atoms with Crippen LogP contribution in [0, 0.1) is 6.92 Å². The van der Waals surface area contributed by atoms with Gasteiger partial charge in [-0.1, -0.05) is 25.0 Å². The van der Waals surface area contributed by atoms with Crippen molar-refractivity contribution in [3.8, 4) is 5.75 Å². The molecule has 122 valence electrons. The van der Waals surface area contributed by atoms with Crippen LogP contribution in [0.5, 0.6) is 5.75 Å². The molecule has 1 aliphatic carbocycles. The molecule has 2 amide bonds. The van der Waals surface area contributed by atoms with Gasteiger partial charge in [-0.2, -0.15) is 8.78 Å². The number of hydrogen-bond acceptors (Lipinski definition) is 3. The van der Waals surface area contributed by atoms with Gasteiger partial charge in [0.05, 0.1) is 17.8 Å². The molecule has 22 heavy (non-hydrogen) atoms. The van der Waals surface area contributed by atoms with Gasteiger partial charge in [-0.3, -0.25) is 0 Å². The Morgan fingerprint density at radius 3 is 2.77 bits per heavy atom. The molecule has 2 rings (SSSR count). The maximum absolute atomic E-state index is 12.4. The van der Waals surface area contributed by atoms with E-state index in [1.54, 1.807) is 19.1 Å². The maximum atomic E-state index is 12.4. The topological polar surface area (TPSA) is 70.6 Å². The fourth-order valence-electron chi connectivity index (χ4n) is 2.59. The molecule has 2 unspecified atom stereocenters. The van der Waals surface area contributed by atoms with Gasteiger partial charge in [0.2, 0.25) is 0 Å². The Morgan fingerprint density at radius 1 is 1.36 bits per heavy atom. The number of hydrogen-bond donors (Lipinski definition) is 3. The van der Waals surface area contributed by atoms with Crippen molar-refractivity contribution in [2.75, 3.05) is 5.32 Å². The number of halogens is 2. The van der Waals surface area contributed by atoms with E-state index in [1.165, 1.54) is 6.07 Å². The summed E-state index contributed by atoms with van der Waals surface area (Å²) in [6.07, 6.45) is 2.64. The number of alkyl halides is 2. The Morgan fingerprint density at radius 2 is 2.09 bits per heavy atom. The smallest absolute Gasteiger partial charge is 0.387 e. The molecule has 0 aromatic heterocycles. The third kappa shape index (κ3) is 4.30. The molecule has 1 saturated carbocycles. The summed E-state index contributed by atoms with van der Waals surface area (Å²) in [5, 5.41) is 15.1. The van der Waals surface area contributed by atoms with Gasteiger partial charge in [-0.05, 0) is 31.4 Å². The first-order chi connectivity index (χ1) is 10.5. The number of nitrogens with one attached hydrogen (secondary N) is 2.